The number of carbonyl (C=O) groups excluding carboxylic acids is 2. The van der Waals surface area contributed by atoms with Crippen molar-refractivity contribution in [3.8, 4) is 0 Å². The number of carbonyl (C=O) groups is 2. The molecule has 0 bridgehead atoms. The van der Waals surface area contributed by atoms with Crippen LogP contribution in [-0.4, -0.2) is 18.5 Å². The van der Waals surface area contributed by atoms with E-state index in [-0.39, 0.29) is 24.8 Å². The molecule has 0 unspecified atom stereocenters. The van der Waals surface area contributed by atoms with E-state index >= 15 is 0 Å². The Bertz CT molecular complexity index is 415. The Balaban J connectivity index is 3.43. The average Bonchev–Trinajstić information content (AvgIpc) is 2.69. The van der Waals surface area contributed by atoms with Gasteiger partial charge >= 0.3 is 11.9 Å². The van der Waals surface area contributed by atoms with E-state index in [4.69, 9.17) is 9.47 Å². The number of rotatable bonds is 20. The molecule has 0 atom stereocenters. The number of hydrogen-bond acceptors (Lipinski definition) is 4. The van der Waals surface area contributed by atoms with Crippen molar-refractivity contribution in [3.63, 3.8) is 0 Å². The van der Waals surface area contributed by atoms with Crippen molar-refractivity contribution in [3.05, 3.63) is 12.3 Å². The summed E-state index contributed by atoms with van der Waals surface area (Å²) in [4.78, 5) is 23.3. The minimum absolute atomic E-state index is 0.0787. The monoisotopic (exact) mass is 410 g/mol. The largest absolute Gasteiger partial charge is 0.466 e. The van der Waals surface area contributed by atoms with Crippen LogP contribution in [0.4, 0.5) is 0 Å². The van der Waals surface area contributed by atoms with Crippen LogP contribution in [0.5, 0.6) is 0 Å². The van der Waals surface area contributed by atoms with Gasteiger partial charge in [0.2, 0.25) is 0 Å². The van der Waals surface area contributed by atoms with E-state index in [1.165, 1.54) is 70.5 Å². The lowest BCUT2D eigenvalue weighted by molar-refractivity contribution is -0.148. The van der Waals surface area contributed by atoms with Gasteiger partial charge in [0.05, 0.1) is 25.7 Å². The minimum atomic E-state index is -0.372. The Kier molecular flexibility index (Phi) is 20.4. The lowest BCUT2D eigenvalue weighted by atomic mass is 10.0. The molecule has 0 aromatic heterocycles. The van der Waals surface area contributed by atoms with Gasteiger partial charge in [-0.3, -0.25) is 9.59 Å². The van der Waals surface area contributed by atoms with Crippen molar-refractivity contribution in [1.82, 2.24) is 0 Å². The molecule has 0 radical (unpaired) electrons. The summed E-state index contributed by atoms with van der Waals surface area (Å²) in [6.07, 6.45) is 20.5. The molecule has 29 heavy (non-hydrogen) atoms. The van der Waals surface area contributed by atoms with Crippen LogP contribution < -0.4 is 0 Å². The van der Waals surface area contributed by atoms with Gasteiger partial charge in [-0.15, -0.1) is 0 Å². The summed E-state index contributed by atoms with van der Waals surface area (Å²) in [6.45, 7) is 7.16. The van der Waals surface area contributed by atoms with Crippen LogP contribution in [0.3, 0.4) is 0 Å². The Labute approximate surface area is 179 Å². The Morgan fingerprint density at radius 3 is 2.03 bits per heavy atom. The van der Waals surface area contributed by atoms with E-state index in [1.807, 2.05) is 6.08 Å². The Morgan fingerprint density at radius 1 is 0.759 bits per heavy atom. The zero-order valence-electron chi connectivity index (χ0n) is 19.4. The maximum absolute atomic E-state index is 11.6. The molecule has 4 nitrogen and oxygen atoms in total. The lowest BCUT2D eigenvalue weighted by Gasteiger charge is -2.06. The summed E-state index contributed by atoms with van der Waals surface area (Å²) >= 11 is 0. The Morgan fingerprint density at radius 2 is 1.34 bits per heavy atom. The molecule has 0 aromatic rings. The normalized spacial score (nSPS) is 11.3. The minimum Gasteiger partial charge on any atom is -0.466 e. The van der Waals surface area contributed by atoms with Gasteiger partial charge in [-0.1, -0.05) is 91.4 Å². The quantitative estimate of drug-likeness (QED) is 0.118. The SMILES string of the molecule is CCCCCCCCCCC=COC(=O)CCC(=O)OCCCCCCC(C)C. The molecule has 0 saturated carbocycles. The van der Waals surface area contributed by atoms with Crippen molar-refractivity contribution >= 4 is 11.9 Å². The van der Waals surface area contributed by atoms with Crippen molar-refractivity contribution in [2.24, 2.45) is 5.92 Å². The van der Waals surface area contributed by atoms with Gasteiger partial charge in [0.25, 0.3) is 0 Å². The highest BCUT2D eigenvalue weighted by atomic mass is 16.5. The highest BCUT2D eigenvalue weighted by molar-refractivity contribution is 5.77. The molecular formula is C25H46O4. The molecule has 0 rings (SSSR count). The third-order valence-corrected chi connectivity index (χ3v) is 4.99. The third kappa shape index (κ3) is 22.8. The van der Waals surface area contributed by atoms with Crippen LogP contribution in [0.25, 0.3) is 0 Å². The second-order valence-corrected chi connectivity index (χ2v) is 8.44. The van der Waals surface area contributed by atoms with Gasteiger partial charge in [0, 0.05) is 0 Å². The molecule has 170 valence electrons. The first-order chi connectivity index (χ1) is 14.1. The second-order valence-electron chi connectivity index (χ2n) is 8.44. The molecule has 0 heterocycles. The lowest BCUT2D eigenvalue weighted by Crippen LogP contribution is -2.09. The number of unbranched alkanes of at least 4 members (excludes halogenated alkanes) is 11. The van der Waals surface area contributed by atoms with Crippen molar-refractivity contribution in [1.29, 1.82) is 0 Å². The van der Waals surface area contributed by atoms with Crippen LogP contribution in [0.15, 0.2) is 12.3 Å². The molecule has 0 aromatic carbocycles. The fraction of sp³-hybridized carbons (Fsp3) is 0.840. The fourth-order valence-corrected chi connectivity index (χ4v) is 3.12. The second kappa shape index (κ2) is 21.4. The number of allylic oxidation sites excluding steroid dienone is 1. The zero-order valence-corrected chi connectivity index (χ0v) is 19.4. The van der Waals surface area contributed by atoms with E-state index in [1.54, 1.807) is 0 Å². The molecule has 0 saturated heterocycles. The zero-order chi connectivity index (χ0) is 21.6. The first kappa shape index (κ1) is 27.7. The molecule has 0 spiro atoms. The van der Waals surface area contributed by atoms with E-state index in [9.17, 15) is 9.59 Å². The third-order valence-electron chi connectivity index (χ3n) is 4.99. The van der Waals surface area contributed by atoms with Crippen LogP contribution in [0, 0.1) is 5.92 Å². The predicted molar refractivity (Wildman–Crippen MR) is 121 cm³/mol. The van der Waals surface area contributed by atoms with Crippen LogP contribution in [0.1, 0.15) is 124 Å². The van der Waals surface area contributed by atoms with Gasteiger partial charge in [-0.25, -0.2) is 0 Å². The Hall–Kier alpha value is -1.32. The van der Waals surface area contributed by atoms with Crippen molar-refractivity contribution < 1.29 is 19.1 Å². The average molecular weight is 411 g/mol. The molecule has 0 aliphatic carbocycles. The first-order valence-electron chi connectivity index (χ1n) is 12.1. The van der Waals surface area contributed by atoms with Crippen molar-refractivity contribution in [2.45, 2.75) is 124 Å². The van der Waals surface area contributed by atoms with Gasteiger partial charge < -0.3 is 9.47 Å². The summed E-state index contributed by atoms with van der Waals surface area (Å²) in [6, 6.07) is 0. The van der Waals surface area contributed by atoms with E-state index in [0.29, 0.717) is 6.61 Å². The summed E-state index contributed by atoms with van der Waals surface area (Å²) in [7, 11) is 0. The van der Waals surface area contributed by atoms with Gasteiger partial charge in [-0.05, 0) is 31.3 Å². The van der Waals surface area contributed by atoms with Gasteiger partial charge in [-0.2, -0.15) is 0 Å². The number of ether oxygens (including phenoxy) is 2. The standard InChI is InChI=1S/C25H46O4/c1-4-5-6-7-8-9-10-11-13-16-21-28-24(26)19-20-25(27)29-22-17-14-12-15-18-23(2)3/h16,21,23H,4-15,17-20,22H2,1-3H3. The number of esters is 2. The summed E-state index contributed by atoms with van der Waals surface area (Å²) in [5.74, 6) is 0.0717. The topological polar surface area (TPSA) is 52.6 Å². The van der Waals surface area contributed by atoms with Gasteiger partial charge in [0.15, 0.2) is 0 Å². The van der Waals surface area contributed by atoms with E-state index in [2.05, 4.69) is 20.8 Å². The van der Waals surface area contributed by atoms with E-state index in [0.717, 1.165) is 31.6 Å². The maximum atomic E-state index is 11.6. The molecule has 0 aliphatic heterocycles. The molecule has 0 amide bonds. The fourth-order valence-electron chi connectivity index (χ4n) is 3.12. The molecule has 0 aliphatic rings. The van der Waals surface area contributed by atoms with Crippen molar-refractivity contribution in [2.75, 3.05) is 6.61 Å². The summed E-state index contributed by atoms with van der Waals surface area (Å²) in [5.41, 5.74) is 0. The molecule has 4 heteroatoms. The highest BCUT2D eigenvalue weighted by Crippen LogP contribution is 2.10. The number of hydrogen-bond donors (Lipinski definition) is 0. The van der Waals surface area contributed by atoms with E-state index < -0.39 is 0 Å². The predicted octanol–water partition coefficient (Wildman–Crippen LogP) is 7.50. The summed E-state index contributed by atoms with van der Waals surface area (Å²) < 4.78 is 10.2. The molecule has 0 N–H and O–H groups in total. The highest BCUT2D eigenvalue weighted by Gasteiger charge is 2.08. The maximum Gasteiger partial charge on any atom is 0.311 e. The first-order valence-corrected chi connectivity index (χ1v) is 12.1. The smallest absolute Gasteiger partial charge is 0.311 e. The summed E-state index contributed by atoms with van der Waals surface area (Å²) in [5, 5.41) is 0. The van der Waals surface area contributed by atoms with Crippen LogP contribution >= 0.6 is 0 Å². The molecular weight excluding hydrogens is 364 g/mol. The van der Waals surface area contributed by atoms with Crippen LogP contribution in [0.2, 0.25) is 0 Å². The molecule has 0 fully saturated rings. The van der Waals surface area contributed by atoms with Crippen LogP contribution in [-0.2, 0) is 19.1 Å². The van der Waals surface area contributed by atoms with Gasteiger partial charge in [0.1, 0.15) is 0 Å².